The van der Waals surface area contributed by atoms with E-state index in [4.69, 9.17) is 4.74 Å². The second-order valence-electron chi connectivity index (χ2n) is 6.59. The fraction of sp³-hybridized carbons (Fsp3) is 0.273. The van der Waals surface area contributed by atoms with Gasteiger partial charge >= 0.3 is 5.97 Å². The lowest BCUT2D eigenvalue weighted by Gasteiger charge is -2.09. The monoisotopic (exact) mass is 413 g/mol. The van der Waals surface area contributed by atoms with Gasteiger partial charge in [-0.3, -0.25) is 9.59 Å². The van der Waals surface area contributed by atoms with Crippen LogP contribution in [0.4, 0.5) is 0 Å². The first-order chi connectivity index (χ1) is 13.5. The van der Waals surface area contributed by atoms with E-state index in [1.54, 1.807) is 11.3 Å². The zero-order valence-electron chi connectivity index (χ0n) is 16.2. The van der Waals surface area contributed by atoms with Crippen LogP contribution in [0.25, 0.3) is 0 Å². The maximum absolute atomic E-state index is 12.6. The van der Waals surface area contributed by atoms with Gasteiger partial charge in [-0.1, -0.05) is 24.3 Å². The van der Waals surface area contributed by atoms with Crippen molar-refractivity contribution in [3.8, 4) is 0 Å². The number of nitrogens with zero attached hydrogens (tertiary/aromatic N) is 1. The molecule has 0 aliphatic heterocycles. The zero-order chi connectivity index (χ0) is 20.1. The Kier molecular flexibility index (Phi) is 6.75. The summed E-state index contributed by atoms with van der Waals surface area (Å²) in [5.41, 5.74) is 3.67. The molecule has 0 N–H and O–H groups in total. The van der Waals surface area contributed by atoms with Gasteiger partial charge in [-0.05, 0) is 49.9 Å². The molecule has 0 atom stereocenters. The van der Waals surface area contributed by atoms with Crippen molar-refractivity contribution in [1.82, 2.24) is 4.57 Å². The molecule has 0 bridgehead atoms. The standard InChI is InChI=1S/C22H23NO3S2/c1-15-7-4-5-9-21(15)28-14-22(25)26-13-20(24)19-11-16(2)23(17(19)3)12-18-8-6-10-27-18/h4-11H,12-14H2,1-3H3. The molecule has 0 amide bonds. The molecule has 0 saturated heterocycles. The third kappa shape index (κ3) is 4.94. The average Bonchev–Trinajstić information content (AvgIpc) is 3.29. The van der Waals surface area contributed by atoms with Crippen LogP contribution in [0.2, 0.25) is 0 Å². The summed E-state index contributed by atoms with van der Waals surface area (Å²) in [5, 5.41) is 2.05. The fourth-order valence-corrected chi connectivity index (χ4v) is 4.53. The largest absolute Gasteiger partial charge is 0.457 e. The summed E-state index contributed by atoms with van der Waals surface area (Å²) < 4.78 is 7.33. The van der Waals surface area contributed by atoms with Gasteiger partial charge in [-0.2, -0.15) is 0 Å². The number of hydrogen-bond donors (Lipinski definition) is 0. The van der Waals surface area contributed by atoms with E-state index in [9.17, 15) is 9.59 Å². The van der Waals surface area contributed by atoms with Crippen LogP contribution in [0.5, 0.6) is 0 Å². The summed E-state index contributed by atoms with van der Waals surface area (Å²) in [7, 11) is 0. The number of rotatable bonds is 8. The Morgan fingerprint density at radius 2 is 1.89 bits per heavy atom. The summed E-state index contributed by atoms with van der Waals surface area (Å²) in [6, 6.07) is 13.9. The highest BCUT2D eigenvalue weighted by atomic mass is 32.2. The van der Waals surface area contributed by atoms with Gasteiger partial charge in [0.25, 0.3) is 0 Å². The summed E-state index contributed by atoms with van der Waals surface area (Å²) in [6.07, 6.45) is 0. The Morgan fingerprint density at radius 3 is 2.61 bits per heavy atom. The van der Waals surface area contributed by atoms with Crippen LogP contribution in [0.1, 0.15) is 32.2 Å². The minimum atomic E-state index is -0.381. The number of benzene rings is 1. The van der Waals surface area contributed by atoms with E-state index in [2.05, 4.69) is 10.6 Å². The van der Waals surface area contributed by atoms with Gasteiger partial charge in [0.1, 0.15) is 0 Å². The van der Waals surface area contributed by atoms with Gasteiger partial charge in [0.15, 0.2) is 6.61 Å². The van der Waals surface area contributed by atoms with Crippen LogP contribution in [0, 0.1) is 20.8 Å². The Labute approximate surface area is 173 Å². The normalized spacial score (nSPS) is 10.8. The van der Waals surface area contributed by atoms with Gasteiger partial charge < -0.3 is 9.30 Å². The molecule has 3 aromatic rings. The fourth-order valence-electron chi connectivity index (χ4n) is 3.01. The molecule has 0 fully saturated rings. The molecule has 0 saturated carbocycles. The van der Waals surface area contributed by atoms with Crippen LogP contribution in [0.3, 0.4) is 0 Å². The van der Waals surface area contributed by atoms with E-state index in [-0.39, 0.29) is 24.1 Å². The molecule has 2 aromatic heterocycles. The van der Waals surface area contributed by atoms with Crippen molar-refractivity contribution in [3.63, 3.8) is 0 Å². The molecule has 146 valence electrons. The highest BCUT2D eigenvalue weighted by Crippen LogP contribution is 2.22. The molecule has 4 nitrogen and oxygen atoms in total. The summed E-state index contributed by atoms with van der Waals surface area (Å²) in [6.45, 7) is 6.45. The predicted molar refractivity (Wildman–Crippen MR) is 115 cm³/mol. The lowest BCUT2D eigenvalue weighted by Crippen LogP contribution is -2.16. The number of carbonyl (C=O) groups excluding carboxylic acids is 2. The van der Waals surface area contributed by atoms with Crippen molar-refractivity contribution in [2.24, 2.45) is 0 Å². The van der Waals surface area contributed by atoms with E-state index in [1.165, 1.54) is 16.6 Å². The number of carbonyl (C=O) groups is 2. The summed E-state index contributed by atoms with van der Waals surface area (Å²) >= 11 is 3.12. The summed E-state index contributed by atoms with van der Waals surface area (Å²) in [4.78, 5) is 26.9. The Morgan fingerprint density at radius 1 is 1.11 bits per heavy atom. The van der Waals surface area contributed by atoms with E-state index < -0.39 is 0 Å². The molecule has 0 radical (unpaired) electrons. The average molecular weight is 414 g/mol. The topological polar surface area (TPSA) is 48.3 Å². The van der Waals surface area contributed by atoms with Gasteiger partial charge in [0.2, 0.25) is 5.78 Å². The number of thioether (sulfide) groups is 1. The predicted octanol–water partition coefficient (Wildman–Crippen LogP) is 5.04. The van der Waals surface area contributed by atoms with E-state index in [0.717, 1.165) is 28.4 Å². The van der Waals surface area contributed by atoms with E-state index in [0.29, 0.717) is 5.56 Å². The number of aryl methyl sites for hydroxylation is 2. The van der Waals surface area contributed by atoms with Crippen LogP contribution in [0.15, 0.2) is 52.7 Å². The Hall–Kier alpha value is -2.31. The van der Waals surface area contributed by atoms with Crippen molar-refractivity contribution < 1.29 is 14.3 Å². The van der Waals surface area contributed by atoms with E-state index in [1.807, 2.05) is 62.5 Å². The van der Waals surface area contributed by atoms with Gasteiger partial charge in [-0.25, -0.2) is 0 Å². The highest BCUT2D eigenvalue weighted by Gasteiger charge is 2.18. The molecule has 6 heteroatoms. The number of ketones is 1. The summed E-state index contributed by atoms with van der Waals surface area (Å²) in [5.74, 6) is -0.357. The smallest absolute Gasteiger partial charge is 0.316 e. The number of esters is 1. The van der Waals surface area contributed by atoms with Crippen LogP contribution in [-0.2, 0) is 16.1 Å². The Bertz CT molecular complexity index is 974. The van der Waals surface area contributed by atoms with Crippen molar-refractivity contribution >= 4 is 34.9 Å². The minimum absolute atomic E-state index is 0.167. The maximum atomic E-state index is 12.6. The Balaban J connectivity index is 1.56. The van der Waals surface area contributed by atoms with E-state index >= 15 is 0 Å². The lowest BCUT2D eigenvalue weighted by molar-refractivity contribution is -0.139. The molecule has 2 heterocycles. The molecule has 28 heavy (non-hydrogen) atoms. The lowest BCUT2D eigenvalue weighted by atomic mass is 10.1. The van der Waals surface area contributed by atoms with Crippen molar-refractivity contribution in [2.75, 3.05) is 12.4 Å². The van der Waals surface area contributed by atoms with Gasteiger partial charge in [-0.15, -0.1) is 23.1 Å². The van der Waals surface area contributed by atoms with Gasteiger partial charge in [0, 0.05) is 26.7 Å². The van der Waals surface area contributed by atoms with Crippen molar-refractivity contribution in [3.05, 3.63) is 75.2 Å². The first kappa shape index (κ1) is 20.4. The molecular weight excluding hydrogens is 390 g/mol. The number of aromatic nitrogens is 1. The van der Waals surface area contributed by atoms with Gasteiger partial charge in [0.05, 0.1) is 12.3 Å². The zero-order valence-corrected chi connectivity index (χ0v) is 17.9. The number of Topliss-reactive ketones (excluding diaryl/α,β-unsaturated/α-hetero) is 1. The number of hydrogen-bond acceptors (Lipinski definition) is 5. The molecule has 0 spiro atoms. The number of ether oxygens (including phenoxy) is 1. The SMILES string of the molecule is Cc1ccccc1SCC(=O)OCC(=O)c1cc(C)n(Cc2cccs2)c1C. The highest BCUT2D eigenvalue weighted by molar-refractivity contribution is 8.00. The third-order valence-electron chi connectivity index (χ3n) is 4.57. The third-order valence-corrected chi connectivity index (χ3v) is 6.58. The minimum Gasteiger partial charge on any atom is -0.457 e. The van der Waals surface area contributed by atoms with Crippen LogP contribution >= 0.6 is 23.1 Å². The van der Waals surface area contributed by atoms with Crippen LogP contribution < -0.4 is 0 Å². The number of thiophene rings is 1. The molecule has 1 aromatic carbocycles. The molecule has 0 unspecified atom stereocenters. The van der Waals surface area contributed by atoms with Crippen molar-refractivity contribution in [2.45, 2.75) is 32.2 Å². The second kappa shape index (κ2) is 9.26. The molecular formula is C22H23NO3S2. The molecule has 3 rings (SSSR count). The first-order valence-corrected chi connectivity index (χ1v) is 10.9. The quantitative estimate of drug-likeness (QED) is 0.295. The maximum Gasteiger partial charge on any atom is 0.316 e. The molecule has 0 aliphatic rings. The van der Waals surface area contributed by atoms with Crippen LogP contribution in [-0.4, -0.2) is 28.7 Å². The van der Waals surface area contributed by atoms with Crippen molar-refractivity contribution in [1.29, 1.82) is 0 Å². The molecule has 0 aliphatic carbocycles. The second-order valence-corrected chi connectivity index (χ2v) is 8.64. The first-order valence-electron chi connectivity index (χ1n) is 9.02.